The number of rotatable bonds is 6. The van der Waals surface area contributed by atoms with Gasteiger partial charge in [-0.1, -0.05) is 44.8 Å². The largest absolute Gasteiger partial charge is 2.00 e. The van der Waals surface area contributed by atoms with Crippen LogP contribution in [0.1, 0.15) is 41.9 Å². The summed E-state index contributed by atoms with van der Waals surface area (Å²) in [4.78, 5) is 0. The molecule has 4 heteroatoms. The Kier molecular flexibility index (Phi) is 17.3. The molecule has 0 saturated heterocycles. The second-order valence-corrected chi connectivity index (χ2v) is 3.80. The Hall–Kier alpha value is 1.81. The van der Waals surface area contributed by atoms with Gasteiger partial charge in [0.05, 0.1) is 0 Å². The second-order valence-electron chi connectivity index (χ2n) is 2.65. The molecular formula is C8H19BaNS2. The van der Waals surface area contributed by atoms with Crippen LogP contribution in [0.5, 0.6) is 0 Å². The van der Waals surface area contributed by atoms with Crippen molar-refractivity contribution in [3.8, 4) is 0 Å². The minimum atomic E-state index is 0. The quantitative estimate of drug-likeness (QED) is 0.336. The van der Waals surface area contributed by atoms with E-state index in [-0.39, 0.29) is 51.7 Å². The minimum absolute atomic E-state index is 0. The topological polar surface area (TPSA) is 12.0 Å². The fourth-order valence-corrected chi connectivity index (χ4v) is 1.14. The van der Waals surface area contributed by atoms with Gasteiger partial charge >= 0.3 is 48.9 Å². The van der Waals surface area contributed by atoms with Gasteiger partial charge in [0.25, 0.3) is 0 Å². The summed E-state index contributed by atoms with van der Waals surface area (Å²) in [5, 5.41) is 3.02. The van der Waals surface area contributed by atoms with E-state index in [9.17, 15) is 0 Å². The van der Waals surface area contributed by atoms with Crippen molar-refractivity contribution in [2.24, 2.45) is 0 Å². The van der Waals surface area contributed by atoms with Crippen LogP contribution in [0.4, 0.5) is 0 Å². The van der Waals surface area contributed by atoms with Crippen molar-refractivity contribution in [3.05, 3.63) is 0 Å². The Labute approximate surface area is 130 Å². The van der Waals surface area contributed by atoms with Crippen LogP contribution in [0.25, 0.3) is 0 Å². The molecule has 0 aromatic carbocycles. The van der Waals surface area contributed by atoms with Crippen molar-refractivity contribution >= 4 is 78.0 Å². The van der Waals surface area contributed by atoms with Gasteiger partial charge in [-0.2, -0.15) is 0 Å². The molecule has 70 valence electrons. The number of nitrogens with one attached hydrogen (secondary N) is 1. The molecule has 0 unspecified atom stereocenters. The smallest absolute Gasteiger partial charge is 1.00 e. The van der Waals surface area contributed by atoms with E-state index in [0.29, 0.717) is 4.32 Å². The third-order valence-electron chi connectivity index (χ3n) is 1.56. The van der Waals surface area contributed by atoms with Gasteiger partial charge in [-0.15, -0.1) is 12.6 Å². The molecule has 0 heterocycles. The third kappa shape index (κ3) is 14.3. The van der Waals surface area contributed by atoms with Crippen LogP contribution in [0.15, 0.2) is 0 Å². The van der Waals surface area contributed by atoms with Gasteiger partial charge in [0, 0.05) is 6.54 Å². The average Bonchev–Trinajstić information content (AvgIpc) is 1.96. The van der Waals surface area contributed by atoms with Crippen LogP contribution < -0.4 is 5.32 Å². The van der Waals surface area contributed by atoms with Crippen LogP contribution in [0.3, 0.4) is 0 Å². The molecule has 0 amide bonds. The minimum Gasteiger partial charge on any atom is -1.00 e. The first kappa shape index (κ1) is 16.2. The normalized spacial score (nSPS) is 8.83. The summed E-state index contributed by atoms with van der Waals surface area (Å²) in [6.45, 7) is 3.20. The number of hydrogen-bond acceptors (Lipinski definition) is 1. The van der Waals surface area contributed by atoms with Crippen molar-refractivity contribution in [1.29, 1.82) is 0 Å². The van der Waals surface area contributed by atoms with Crippen LogP contribution in [-0.4, -0.2) is 59.7 Å². The van der Waals surface area contributed by atoms with Crippen LogP contribution in [0.2, 0.25) is 0 Å². The number of hydrogen-bond donors (Lipinski definition) is 2. The fourth-order valence-electron chi connectivity index (χ4n) is 0.924. The maximum absolute atomic E-state index is 4.75. The van der Waals surface area contributed by atoms with E-state index in [4.69, 9.17) is 12.2 Å². The molecule has 0 aromatic heterocycles. The molecule has 1 N–H and O–H groups in total. The first-order valence-corrected chi connectivity index (χ1v) is 5.09. The first-order chi connectivity index (χ1) is 5.27. The predicted molar refractivity (Wildman–Crippen MR) is 66.3 cm³/mol. The summed E-state index contributed by atoms with van der Waals surface area (Å²) in [7, 11) is 0. The predicted octanol–water partition coefficient (Wildman–Crippen LogP) is 2.61. The van der Waals surface area contributed by atoms with Crippen LogP contribution in [0, 0.1) is 0 Å². The van der Waals surface area contributed by atoms with E-state index in [0.717, 1.165) is 6.54 Å². The Bertz CT molecular complexity index is 118. The van der Waals surface area contributed by atoms with Crippen molar-refractivity contribution in [3.63, 3.8) is 0 Å². The van der Waals surface area contributed by atoms with Gasteiger partial charge < -0.3 is 8.17 Å². The maximum Gasteiger partial charge on any atom is 2.00 e. The fraction of sp³-hybridized carbons (Fsp3) is 0.875. The summed E-state index contributed by atoms with van der Waals surface area (Å²) in [5.74, 6) is 0. The summed E-state index contributed by atoms with van der Waals surface area (Å²) in [5.41, 5.74) is 0. The number of thiocarbonyl (C=S) groups is 1. The Morgan fingerprint density at radius 2 is 1.92 bits per heavy atom. The second kappa shape index (κ2) is 12.8. The van der Waals surface area contributed by atoms with Gasteiger partial charge in [-0.25, -0.2) is 0 Å². The standard InChI is InChI=1S/C8H17NS2.Ba.2H/c1-2-3-4-5-6-7-9-8(10)11;;;/h2-7H2,1H3,(H2,9,10,11);;;/q;+2;2*-1. The summed E-state index contributed by atoms with van der Waals surface area (Å²) >= 11 is 8.71. The zero-order chi connectivity index (χ0) is 8.53. The number of unbranched alkanes of at least 4 members (excludes halogenated alkanes) is 4. The zero-order valence-electron chi connectivity index (χ0n) is 9.81. The molecule has 0 aromatic rings. The van der Waals surface area contributed by atoms with E-state index in [2.05, 4.69) is 24.9 Å². The molecule has 1 nitrogen and oxygen atoms in total. The maximum atomic E-state index is 4.75. The van der Waals surface area contributed by atoms with Crippen LogP contribution in [-0.2, 0) is 0 Å². The molecule has 0 atom stereocenters. The summed E-state index contributed by atoms with van der Waals surface area (Å²) < 4.78 is 0.612. The van der Waals surface area contributed by atoms with E-state index in [1.54, 1.807) is 0 Å². The summed E-state index contributed by atoms with van der Waals surface area (Å²) in [6.07, 6.45) is 6.51. The van der Waals surface area contributed by atoms with E-state index in [1.807, 2.05) is 0 Å². The van der Waals surface area contributed by atoms with E-state index >= 15 is 0 Å². The van der Waals surface area contributed by atoms with Crippen LogP contribution >= 0.6 is 24.8 Å². The van der Waals surface area contributed by atoms with Crippen molar-refractivity contribution in [2.45, 2.75) is 39.0 Å². The SMILES string of the molecule is CCCCCCCNC(=S)S.[Ba+2].[H-].[H-]. The molecule has 0 aliphatic carbocycles. The molecule has 0 bridgehead atoms. The monoisotopic (exact) mass is 331 g/mol. The Balaban J connectivity index is -0.000000167. The van der Waals surface area contributed by atoms with Crippen molar-refractivity contribution < 1.29 is 2.85 Å². The van der Waals surface area contributed by atoms with Crippen molar-refractivity contribution in [2.75, 3.05) is 6.54 Å². The molecule has 0 aliphatic heterocycles. The van der Waals surface area contributed by atoms with Gasteiger partial charge in [0.2, 0.25) is 0 Å². The van der Waals surface area contributed by atoms with Gasteiger partial charge in [-0.3, -0.25) is 0 Å². The zero-order valence-corrected chi connectivity index (χ0v) is 14.0. The van der Waals surface area contributed by atoms with Crippen molar-refractivity contribution in [1.82, 2.24) is 5.32 Å². The molecule has 0 fully saturated rings. The number of thiol groups is 1. The molecule has 0 spiro atoms. The van der Waals surface area contributed by atoms with E-state index in [1.165, 1.54) is 32.1 Å². The van der Waals surface area contributed by atoms with Gasteiger partial charge in [0.15, 0.2) is 0 Å². The molecule has 0 aliphatic rings. The third-order valence-corrected chi connectivity index (χ3v) is 1.86. The summed E-state index contributed by atoms with van der Waals surface area (Å²) in [6, 6.07) is 0. The van der Waals surface area contributed by atoms with Gasteiger partial charge in [0.1, 0.15) is 4.32 Å². The molecular weight excluding hydrogens is 312 g/mol. The van der Waals surface area contributed by atoms with E-state index < -0.39 is 0 Å². The molecule has 0 rings (SSSR count). The van der Waals surface area contributed by atoms with Gasteiger partial charge in [-0.05, 0) is 6.42 Å². The average molecular weight is 331 g/mol. The molecule has 0 radical (unpaired) electrons. The molecule has 0 saturated carbocycles. The Morgan fingerprint density at radius 1 is 1.33 bits per heavy atom. The molecule has 12 heavy (non-hydrogen) atoms. The first-order valence-electron chi connectivity index (χ1n) is 4.24. The Morgan fingerprint density at radius 3 is 2.42 bits per heavy atom.